The third-order valence-electron chi connectivity index (χ3n) is 2.76. The second kappa shape index (κ2) is 7.87. The lowest BCUT2D eigenvalue weighted by Crippen LogP contribution is -2.19. The fourth-order valence-electron chi connectivity index (χ4n) is 1.71. The van der Waals surface area contributed by atoms with Crippen molar-refractivity contribution in [2.24, 2.45) is 5.73 Å². The molecule has 1 amide bonds. The summed E-state index contributed by atoms with van der Waals surface area (Å²) in [5, 5.41) is 4.78. The molecule has 2 rings (SSSR count). The lowest BCUT2D eigenvalue weighted by Gasteiger charge is -2.07. The van der Waals surface area contributed by atoms with Gasteiger partial charge in [-0.25, -0.2) is 0 Å². The van der Waals surface area contributed by atoms with E-state index in [1.165, 1.54) is 4.88 Å². The standard InChI is InChI=1S/C15H16N2O2S2/c16-15(20)11-3-5-12(6-4-11)17-14(18)10-19-8-7-13-2-1-9-21-13/h1-6,9H,7-8,10H2,(H2,16,20)(H,17,18). The number of hydrogen-bond donors (Lipinski definition) is 2. The van der Waals surface area contributed by atoms with E-state index in [9.17, 15) is 4.79 Å². The lowest BCUT2D eigenvalue weighted by molar-refractivity contribution is -0.120. The minimum atomic E-state index is -0.177. The van der Waals surface area contributed by atoms with Crippen LogP contribution in [-0.4, -0.2) is 24.1 Å². The Bertz CT molecular complexity index is 595. The normalized spacial score (nSPS) is 10.3. The van der Waals surface area contributed by atoms with Crippen molar-refractivity contribution in [2.75, 3.05) is 18.5 Å². The first-order valence-electron chi connectivity index (χ1n) is 6.45. The van der Waals surface area contributed by atoms with Crippen molar-refractivity contribution in [1.82, 2.24) is 0 Å². The number of carbonyl (C=O) groups excluding carboxylic acids is 1. The largest absolute Gasteiger partial charge is 0.389 e. The molecule has 1 aromatic heterocycles. The van der Waals surface area contributed by atoms with Crippen LogP contribution in [-0.2, 0) is 16.0 Å². The van der Waals surface area contributed by atoms with Gasteiger partial charge in [0.25, 0.3) is 0 Å². The molecule has 0 bridgehead atoms. The Morgan fingerprint density at radius 2 is 2.05 bits per heavy atom. The predicted molar refractivity (Wildman–Crippen MR) is 89.8 cm³/mol. The molecule has 0 saturated heterocycles. The van der Waals surface area contributed by atoms with E-state index in [2.05, 4.69) is 11.4 Å². The molecule has 0 aliphatic heterocycles. The molecule has 2 aromatic rings. The van der Waals surface area contributed by atoms with E-state index in [-0.39, 0.29) is 12.5 Å². The summed E-state index contributed by atoms with van der Waals surface area (Å²) >= 11 is 6.56. The maximum atomic E-state index is 11.7. The number of amides is 1. The second-order valence-electron chi connectivity index (χ2n) is 4.37. The monoisotopic (exact) mass is 320 g/mol. The fourth-order valence-corrected chi connectivity index (χ4v) is 2.53. The number of thiocarbonyl (C=S) groups is 1. The Morgan fingerprint density at radius 3 is 2.67 bits per heavy atom. The van der Waals surface area contributed by atoms with E-state index < -0.39 is 0 Å². The van der Waals surface area contributed by atoms with Crippen LogP contribution in [0.15, 0.2) is 41.8 Å². The van der Waals surface area contributed by atoms with E-state index in [1.807, 2.05) is 11.4 Å². The minimum Gasteiger partial charge on any atom is -0.389 e. The summed E-state index contributed by atoms with van der Waals surface area (Å²) in [6, 6.07) is 11.1. The third kappa shape index (κ3) is 5.26. The molecule has 6 heteroatoms. The van der Waals surface area contributed by atoms with Crippen molar-refractivity contribution < 1.29 is 9.53 Å². The van der Waals surface area contributed by atoms with Gasteiger partial charge in [-0.05, 0) is 35.7 Å². The number of thiophene rings is 1. The van der Waals surface area contributed by atoms with Gasteiger partial charge in [-0.2, -0.15) is 0 Å². The van der Waals surface area contributed by atoms with Crippen LogP contribution < -0.4 is 11.1 Å². The lowest BCUT2D eigenvalue weighted by atomic mass is 10.2. The molecule has 0 saturated carbocycles. The number of anilines is 1. The topological polar surface area (TPSA) is 64.3 Å². The molecule has 1 aromatic carbocycles. The molecule has 0 fully saturated rings. The van der Waals surface area contributed by atoms with E-state index in [1.54, 1.807) is 35.6 Å². The molecule has 0 aliphatic rings. The molecule has 21 heavy (non-hydrogen) atoms. The summed E-state index contributed by atoms with van der Waals surface area (Å²) in [4.78, 5) is 13.3. The van der Waals surface area contributed by atoms with Gasteiger partial charge >= 0.3 is 0 Å². The van der Waals surface area contributed by atoms with Crippen LogP contribution in [0.4, 0.5) is 5.69 Å². The van der Waals surface area contributed by atoms with Crippen LogP contribution in [0.25, 0.3) is 0 Å². The summed E-state index contributed by atoms with van der Waals surface area (Å²) in [6.45, 7) is 0.580. The molecule has 0 radical (unpaired) electrons. The van der Waals surface area contributed by atoms with Crippen molar-refractivity contribution in [3.05, 3.63) is 52.2 Å². The number of benzene rings is 1. The molecule has 0 aliphatic carbocycles. The molecule has 0 atom stereocenters. The number of rotatable bonds is 7. The Labute approximate surface area is 132 Å². The van der Waals surface area contributed by atoms with Crippen molar-refractivity contribution in [3.8, 4) is 0 Å². The molecule has 3 N–H and O–H groups in total. The van der Waals surface area contributed by atoms with Crippen molar-refractivity contribution in [3.63, 3.8) is 0 Å². The predicted octanol–water partition coefficient (Wildman–Crippen LogP) is 2.58. The Balaban J connectivity index is 1.70. The quantitative estimate of drug-likeness (QED) is 0.608. The van der Waals surface area contributed by atoms with Gasteiger partial charge in [-0.1, -0.05) is 18.3 Å². The maximum Gasteiger partial charge on any atom is 0.250 e. The summed E-state index contributed by atoms with van der Waals surface area (Å²) in [7, 11) is 0. The van der Waals surface area contributed by atoms with E-state index in [0.717, 1.165) is 12.0 Å². The van der Waals surface area contributed by atoms with Gasteiger partial charge in [0.15, 0.2) is 0 Å². The number of nitrogens with two attached hydrogens (primary N) is 1. The Hall–Kier alpha value is -1.76. The van der Waals surface area contributed by atoms with Crippen molar-refractivity contribution in [2.45, 2.75) is 6.42 Å². The van der Waals surface area contributed by atoms with Crippen LogP contribution in [0.3, 0.4) is 0 Å². The number of hydrogen-bond acceptors (Lipinski definition) is 4. The summed E-state index contributed by atoms with van der Waals surface area (Å²) < 4.78 is 5.36. The molecule has 0 spiro atoms. The highest BCUT2D eigenvalue weighted by atomic mass is 32.1. The fraction of sp³-hybridized carbons (Fsp3) is 0.200. The van der Waals surface area contributed by atoms with E-state index in [0.29, 0.717) is 17.3 Å². The number of nitrogens with one attached hydrogen (secondary N) is 1. The first-order chi connectivity index (χ1) is 10.1. The third-order valence-corrected chi connectivity index (χ3v) is 3.93. The Kier molecular flexibility index (Phi) is 5.86. The Morgan fingerprint density at radius 1 is 1.29 bits per heavy atom. The van der Waals surface area contributed by atoms with Crippen LogP contribution in [0, 0.1) is 0 Å². The highest BCUT2D eigenvalue weighted by Crippen LogP contribution is 2.10. The smallest absolute Gasteiger partial charge is 0.250 e. The molecule has 110 valence electrons. The SMILES string of the molecule is NC(=S)c1ccc(NC(=O)COCCc2cccs2)cc1. The second-order valence-corrected chi connectivity index (χ2v) is 5.84. The first-order valence-corrected chi connectivity index (χ1v) is 7.74. The van der Waals surface area contributed by atoms with Gasteiger partial charge < -0.3 is 15.8 Å². The van der Waals surface area contributed by atoms with Crippen LogP contribution >= 0.6 is 23.6 Å². The first kappa shape index (κ1) is 15.6. The van der Waals surface area contributed by atoms with Gasteiger partial charge in [-0.3, -0.25) is 4.79 Å². The summed E-state index contributed by atoms with van der Waals surface area (Å²) in [6.07, 6.45) is 0.827. The maximum absolute atomic E-state index is 11.7. The summed E-state index contributed by atoms with van der Waals surface area (Å²) in [5.74, 6) is -0.177. The highest BCUT2D eigenvalue weighted by Gasteiger charge is 2.03. The van der Waals surface area contributed by atoms with Crippen molar-refractivity contribution >= 4 is 40.1 Å². The zero-order valence-corrected chi connectivity index (χ0v) is 13.0. The zero-order chi connectivity index (χ0) is 15.1. The van der Waals surface area contributed by atoms with Gasteiger partial charge in [0.1, 0.15) is 11.6 Å². The number of ether oxygens (including phenoxy) is 1. The van der Waals surface area contributed by atoms with E-state index >= 15 is 0 Å². The molecular weight excluding hydrogens is 304 g/mol. The summed E-state index contributed by atoms with van der Waals surface area (Å²) in [5.41, 5.74) is 6.98. The van der Waals surface area contributed by atoms with E-state index in [4.69, 9.17) is 22.7 Å². The molecular formula is C15H16N2O2S2. The minimum absolute atomic E-state index is 0.0441. The molecule has 1 heterocycles. The highest BCUT2D eigenvalue weighted by molar-refractivity contribution is 7.80. The average Bonchev–Trinajstić information content (AvgIpc) is 2.97. The van der Waals surface area contributed by atoms with Gasteiger partial charge in [0.2, 0.25) is 5.91 Å². The number of carbonyl (C=O) groups is 1. The van der Waals surface area contributed by atoms with Gasteiger partial charge in [-0.15, -0.1) is 11.3 Å². The van der Waals surface area contributed by atoms with Gasteiger partial charge in [0, 0.05) is 22.5 Å². The van der Waals surface area contributed by atoms with Crippen LogP contribution in [0.5, 0.6) is 0 Å². The van der Waals surface area contributed by atoms with Gasteiger partial charge in [0.05, 0.1) is 6.61 Å². The van der Waals surface area contributed by atoms with Crippen LogP contribution in [0.1, 0.15) is 10.4 Å². The van der Waals surface area contributed by atoms with Crippen molar-refractivity contribution in [1.29, 1.82) is 0 Å². The molecule has 0 unspecified atom stereocenters. The average molecular weight is 320 g/mol. The van der Waals surface area contributed by atoms with Crippen LogP contribution in [0.2, 0.25) is 0 Å². The molecule has 4 nitrogen and oxygen atoms in total. The zero-order valence-electron chi connectivity index (χ0n) is 11.4.